The Kier molecular flexibility index (Phi) is 6.30. The first-order chi connectivity index (χ1) is 15.0. The second kappa shape index (κ2) is 9.12. The second-order valence-electron chi connectivity index (χ2n) is 8.75. The number of esters is 1. The zero-order valence-corrected chi connectivity index (χ0v) is 17.8. The van der Waals surface area contributed by atoms with Crippen LogP contribution in [0.15, 0.2) is 40.5 Å². The molecule has 7 heteroatoms. The van der Waals surface area contributed by atoms with E-state index in [-0.39, 0.29) is 23.5 Å². The lowest BCUT2D eigenvalue weighted by atomic mass is 9.71. The predicted molar refractivity (Wildman–Crippen MR) is 116 cm³/mol. The number of Topliss-reactive ketones (excluding diaryl/α,β-unsaturated/α-hetero) is 1. The molecule has 2 aliphatic carbocycles. The van der Waals surface area contributed by atoms with E-state index in [0.717, 1.165) is 44.9 Å². The quantitative estimate of drug-likeness (QED) is 0.292. The fourth-order valence-corrected chi connectivity index (χ4v) is 5.10. The molecule has 0 saturated heterocycles. The molecule has 1 heterocycles. The number of hydrogen-bond acceptors (Lipinski definition) is 6. The van der Waals surface area contributed by atoms with E-state index in [1.807, 2.05) is 0 Å². The molecule has 0 aromatic heterocycles. The second-order valence-corrected chi connectivity index (χ2v) is 8.75. The number of carbonyl (C=O) groups is 2. The first-order valence-corrected chi connectivity index (χ1v) is 11.2. The summed E-state index contributed by atoms with van der Waals surface area (Å²) < 4.78 is 5.94. The Bertz CT molecular complexity index is 956. The molecule has 0 amide bonds. The molecule has 31 heavy (non-hydrogen) atoms. The fourth-order valence-electron chi connectivity index (χ4n) is 5.10. The summed E-state index contributed by atoms with van der Waals surface area (Å²) in [4.78, 5) is 41.9. The van der Waals surface area contributed by atoms with E-state index in [4.69, 9.17) is 4.74 Å². The van der Waals surface area contributed by atoms with Gasteiger partial charge in [-0.3, -0.25) is 24.7 Å². The molecule has 0 radical (unpaired) electrons. The summed E-state index contributed by atoms with van der Waals surface area (Å²) in [5.41, 5.74) is 2.39. The third-order valence-corrected chi connectivity index (χ3v) is 6.61. The lowest BCUT2D eigenvalue weighted by Gasteiger charge is -2.35. The van der Waals surface area contributed by atoms with Crippen molar-refractivity contribution < 1.29 is 19.2 Å². The molecule has 164 valence electrons. The molecule has 7 nitrogen and oxygen atoms in total. The van der Waals surface area contributed by atoms with E-state index in [0.29, 0.717) is 35.4 Å². The van der Waals surface area contributed by atoms with E-state index in [1.165, 1.54) is 12.1 Å². The molecular weight excluding hydrogens is 396 g/mol. The SMILES string of the molecule is CC1=NC2=C(C(=O)CCC2)[C@H](c2cccc([N+](=O)[O-])c2)C1C(=O)OC1CCCCCC1. The molecular formula is C24H28N2O5. The van der Waals surface area contributed by atoms with Crippen LogP contribution in [0.5, 0.6) is 0 Å². The van der Waals surface area contributed by atoms with Crippen LogP contribution in [0.25, 0.3) is 0 Å². The lowest BCUT2D eigenvalue weighted by Crippen LogP contribution is -2.38. The zero-order chi connectivity index (χ0) is 22.0. The van der Waals surface area contributed by atoms with Gasteiger partial charge in [0.25, 0.3) is 5.69 Å². The van der Waals surface area contributed by atoms with Crippen molar-refractivity contribution in [2.24, 2.45) is 10.9 Å². The number of allylic oxidation sites excluding steroid dienone is 2. The lowest BCUT2D eigenvalue weighted by molar-refractivity contribution is -0.384. The van der Waals surface area contributed by atoms with Crippen LogP contribution in [-0.4, -0.2) is 28.5 Å². The van der Waals surface area contributed by atoms with Crippen LogP contribution < -0.4 is 0 Å². The summed E-state index contributed by atoms with van der Waals surface area (Å²) in [6, 6.07) is 6.26. The van der Waals surface area contributed by atoms with Gasteiger partial charge in [-0.2, -0.15) is 0 Å². The molecule has 0 bridgehead atoms. The van der Waals surface area contributed by atoms with Crippen LogP contribution in [0.1, 0.15) is 76.2 Å². The van der Waals surface area contributed by atoms with Crippen LogP contribution >= 0.6 is 0 Å². The number of nitro benzene ring substituents is 1. The van der Waals surface area contributed by atoms with Crippen molar-refractivity contribution in [2.75, 3.05) is 0 Å². The molecule has 1 unspecified atom stereocenters. The first kappa shape index (κ1) is 21.4. The van der Waals surface area contributed by atoms with Crippen LogP contribution in [0.4, 0.5) is 5.69 Å². The maximum atomic E-state index is 13.4. The van der Waals surface area contributed by atoms with Crippen molar-refractivity contribution >= 4 is 23.2 Å². The number of aliphatic imine (C=N–C) groups is 1. The summed E-state index contributed by atoms with van der Waals surface area (Å²) in [7, 11) is 0. The highest BCUT2D eigenvalue weighted by Crippen LogP contribution is 2.44. The highest BCUT2D eigenvalue weighted by molar-refractivity contribution is 6.08. The molecule has 0 spiro atoms. The van der Waals surface area contributed by atoms with Crippen molar-refractivity contribution in [3.05, 3.63) is 51.2 Å². The van der Waals surface area contributed by atoms with Gasteiger partial charge in [0.2, 0.25) is 0 Å². The number of nitro groups is 1. The molecule has 2 atom stereocenters. The van der Waals surface area contributed by atoms with Crippen molar-refractivity contribution in [2.45, 2.75) is 76.7 Å². The summed E-state index contributed by atoms with van der Waals surface area (Å²) in [5.74, 6) is -1.75. The van der Waals surface area contributed by atoms with Crippen molar-refractivity contribution in [3.8, 4) is 0 Å². The van der Waals surface area contributed by atoms with Gasteiger partial charge in [0.05, 0.1) is 4.92 Å². The molecule has 0 N–H and O–H groups in total. The van der Waals surface area contributed by atoms with Gasteiger partial charge in [0.15, 0.2) is 5.78 Å². The smallest absolute Gasteiger partial charge is 0.315 e. The summed E-state index contributed by atoms with van der Waals surface area (Å²) in [5, 5.41) is 11.4. The molecule has 1 aromatic rings. The van der Waals surface area contributed by atoms with Crippen LogP contribution in [-0.2, 0) is 14.3 Å². The molecule has 1 aliphatic heterocycles. The number of hydrogen-bond donors (Lipinski definition) is 0. The molecule has 1 saturated carbocycles. The maximum absolute atomic E-state index is 13.4. The normalized spacial score (nSPS) is 24.8. The predicted octanol–water partition coefficient (Wildman–Crippen LogP) is 5.04. The number of nitrogens with zero attached hydrogens (tertiary/aromatic N) is 2. The zero-order valence-electron chi connectivity index (χ0n) is 17.8. The van der Waals surface area contributed by atoms with Gasteiger partial charge in [-0.15, -0.1) is 0 Å². The minimum Gasteiger partial charge on any atom is -0.462 e. The Morgan fingerprint density at radius 3 is 2.58 bits per heavy atom. The van der Waals surface area contributed by atoms with E-state index < -0.39 is 16.8 Å². The maximum Gasteiger partial charge on any atom is 0.315 e. The van der Waals surface area contributed by atoms with Crippen LogP contribution in [0.3, 0.4) is 0 Å². The third-order valence-electron chi connectivity index (χ3n) is 6.61. The summed E-state index contributed by atoms with van der Waals surface area (Å²) >= 11 is 0. The summed E-state index contributed by atoms with van der Waals surface area (Å²) in [6.45, 7) is 1.80. The number of rotatable bonds is 4. The van der Waals surface area contributed by atoms with Gasteiger partial charge < -0.3 is 4.74 Å². The molecule has 1 aromatic carbocycles. The number of ketones is 1. The van der Waals surface area contributed by atoms with Crippen LogP contribution in [0.2, 0.25) is 0 Å². The summed E-state index contributed by atoms with van der Waals surface area (Å²) in [6.07, 6.45) is 7.77. The van der Waals surface area contributed by atoms with Crippen molar-refractivity contribution in [1.29, 1.82) is 0 Å². The Morgan fingerprint density at radius 2 is 1.87 bits per heavy atom. The molecule has 4 rings (SSSR count). The average Bonchev–Trinajstić information content (AvgIpc) is 3.01. The van der Waals surface area contributed by atoms with E-state index in [1.54, 1.807) is 19.1 Å². The standard InChI is InChI=1S/C24H28N2O5/c1-15-21(24(28)31-18-10-4-2-3-5-11-18)22(16-8-6-9-17(14-16)26(29)30)23-19(25-15)12-7-13-20(23)27/h6,8-9,14,18,21-22H,2-5,7,10-13H2,1H3/t21?,22-/m1/s1. The highest BCUT2D eigenvalue weighted by atomic mass is 16.6. The van der Waals surface area contributed by atoms with Crippen molar-refractivity contribution in [3.63, 3.8) is 0 Å². The number of benzene rings is 1. The monoisotopic (exact) mass is 424 g/mol. The van der Waals surface area contributed by atoms with Gasteiger partial charge >= 0.3 is 5.97 Å². The van der Waals surface area contributed by atoms with E-state index in [9.17, 15) is 19.7 Å². The van der Waals surface area contributed by atoms with E-state index >= 15 is 0 Å². The Balaban J connectivity index is 1.73. The minimum atomic E-state index is -0.744. The van der Waals surface area contributed by atoms with Crippen molar-refractivity contribution in [1.82, 2.24) is 0 Å². The van der Waals surface area contributed by atoms with E-state index in [2.05, 4.69) is 4.99 Å². The minimum absolute atomic E-state index is 0.0266. The Labute approximate surface area is 181 Å². The van der Waals surface area contributed by atoms with Crippen LogP contribution in [0, 0.1) is 16.0 Å². The first-order valence-electron chi connectivity index (χ1n) is 11.2. The number of non-ortho nitro benzene ring substituents is 1. The number of carbonyl (C=O) groups excluding carboxylic acids is 2. The van der Waals surface area contributed by atoms with Gasteiger partial charge in [-0.25, -0.2) is 0 Å². The Morgan fingerprint density at radius 1 is 1.13 bits per heavy atom. The average molecular weight is 424 g/mol. The van der Waals surface area contributed by atoms with Gasteiger partial charge in [-0.1, -0.05) is 25.0 Å². The Hall–Kier alpha value is -2.83. The molecule has 3 aliphatic rings. The topological polar surface area (TPSA) is 98.9 Å². The van der Waals surface area contributed by atoms with Gasteiger partial charge in [0, 0.05) is 41.5 Å². The third kappa shape index (κ3) is 4.45. The highest BCUT2D eigenvalue weighted by Gasteiger charge is 2.44. The fraction of sp³-hybridized carbons (Fsp3) is 0.542. The van der Waals surface area contributed by atoms with Gasteiger partial charge in [0.1, 0.15) is 12.0 Å². The number of ether oxygens (including phenoxy) is 1. The largest absolute Gasteiger partial charge is 0.462 e. The van der Waals surface area contributed by atoms with Gasteiger partial charge in [-0.05, 0) is 51.0 Å². The molecule has 1 fully saturated rings.